The predicted molar refractivity (Wildman–Crippen MR) is 45.3 cm³/mol. The van der Waals surface area contributed by atoms with Gasteiger partial charge in [-0.3, -0.25) is 9.63 Å². The summed E-state index contributed by atoms with van der Waals surface area (Å²) in [5.41, 5.74) is 0. The van der Waals surface area contributed by atoms with Gasteiger partial charge in [-0.25, -0.2) is 5.06 Å². The van der Waals surface area contributed by atoms with Gasteiger partial charge >= 0.3 is 0 Å². The highest BCUT2D eigenvalue weighted by atomic mass is 16.7. The molecule has 0 bridgehead atoms. The summed E-state index contributed by atoms with van der Waals surface area (Å²) >= 11 is 0. The second kappa shape index (κ2) is 4.77. The van der Waals surface area contributed by atoms with Crippen LogP contribution in [0.4, 0.5) is 0 Å². The molecule has 0 aliphatic carbocycles. The fraction of sp³-hybridized carbons (Fsp3) is 0.625. The summed E-state index contributed by atoms with van der Waals surface area (Å²) in [6.07, 6.45) is 1.49. The SMILES string of the molecule is C/C=C(\O)C(C)C(=O)N(C)OC. The molecule has 0 aromatic carbocycles. The van der Waals surface area contributed by atoms with Crippen LogP contribution in [0.25, 0.3) is 0 Å². The Kier molecular flexibility index (Phi) is 4.36. The molecule has 12 heavy (non-hydrogen) atoms. The standard InChI is InChI=1S/C8H15NO3/c1-5-7(10)6(2)8(11)9(3)12-4/h5-6,10H,1-4H3/b7-5-. The molecular formula is C8H15NO3. The van der Waals surface area contributed by atoms with Gasteiger partial charge in [0.2, 0.25) is 0 Å². The first kappa shape index (κ1) is 11.0. The van der Waals surface area contributed by atoms with E-state index in [2.05, 4.69) is 4.84 Å². The number of allylic oxidation sites excluding steroid dienone is 1. The lowest BCUT2D eigenvalue weighted by atomic mass is 10.1. The summed E-state index contributed by atoms with van der Waals surface area (Å²) in [4.78, 5) is 15.9. The lowest BCUT2D eigenvalue weighted by molar-refractivity contribution is -0.172. The van der Waals surface area contributed by atoms with Gasteiger partial charge in [0.05, 0.1) is 13.0 Å². The molecule has 1 amide bonds. The van der Waals surface area contributed by atoms with Crippen LogP contribution in [0, 0.1) is 5.92 Å². The van der Waals surface area contributed by atoms with E-state index in [1.54, 1.807) is 13.8 Å². The van der Waals surface area contributed by atoms with Crippen molar-refractivity contribution in [3.8, 4) is 0 Å². The molecule has 0 radical (unpaired) electrons. The molecule has 70 valence electrons. The predicted octanol–water partition coefficient (Wildman–Crippen LogP) is 1.10. The normalized spacial score (nSPS) is 14.2. The van der Waals surface area contributed by atoms with Crippen LogP contribution in [0.1, 0.15) is 13.8 Å². The van der Waals surface area contributed by atoms with Gasteiger partial charge in [0, 0.05) is 7.05 Å². The number of rotatable bonds is 3. The van der Waals surface area contributed by atoms with Gasteiger partial charge < -0.3 is 5.11 Å². The molecule has 0 saturated heterocycles. The molecule has 0 aromatic heterocycles. The number of aliphatic hydroxyl groups is 1. The average Bonchev–Trinajstić information content (AvgIpc) is 2.12. The maximum absolute atomic E-state index is 11.3. The minimum atomic E-state index is -0.542. The first-order chi connectivity index (χ1) is 5.54. The van der Waals surface area contributed by atoms with Crippen LogP contribution in [0.15, 0.2) is 11.8 Å². The summed E-state index contributed by atoms with van der Waals surface area (Å²) < 4.78 is 0. The molecule has 0 aliphatic heterocycles. The Balaban J connectivity index is 4.29. The van der Waals surface area contributed by atoms with E-state index < -0.39 is 5.92 Å². The Hall–Kier alpha value is -1.03. The highest BCUT2D eigenvalue weighted by Gasteiger charge is 2.20. The first-order valence-corrected chi connectivity index (χ1v) is 3.71. The molecule has 0 fully saturated rings. The van der Waals surface area contributed by atoms with E-state index in [0.717, 1.165) is 5.06 Å². The number of hydrogen-bond acceptors (Lipinski definition) is 3. The number of carbonyl (C=O) groups is 1. The van der Waals surface area contributed by atoms with Gasteiger partial charge in [-0.1, -0.05) is 0 Å². The molecule has 0 saturated carbocycles. The molecule has 0 spiro atoms. The molecule has 1 atom stereocenters. The third kappa shape index (κ3) is 2.54. The van der Waals surface area contributed by atoms with Gasteiger partial charge in [0.15, 0.2) is 0 Å². The van der Waals surface area contributed by atoms with Crippen LogP contribution in [0.2, 0.25) is 0 Å². The lowest BCUT2D eigenvalue weighted by Crippen LogP contribution is -2.31. The van der Waals surface area contributed by atoms with Crippen molar-refractivity contribution in [1.29, 1.82) is 0 Å². The van der Waals surface area contributed by atoms with Crippen LogP contribution >= 0.6 is 0 Å². The van der Waals surface area contributed by atoms with Crippen molar-refractivity contribution < 1.29 is 14.7 Å². The van der Waals surface area contributed by atoms with Crippen molar-refractivity contribution in [3.05, 3.63) is 11.8 Å². The summed E-state index contributed by atoms with van der Waals surface area (Å²) in [5, 5.41) is 10.3. The van der Waals surface area contributed by atoms with Crippen molar-refractivity contribution in [1.82, 2.24) is 5.06 Å². The third-order valence-electron chi connectivity index (χ3n) is 1.69. The Labute approximate surface area is 72.4 Å². The van der Waals surface area contributed by atoms with Gasteiger partial charge in [-0.2, -0.15) is 0 Å². The van der Waals surface area contributed by atoms with Gasteiger partial charge in [-0.15, -0.1) is 0 Å². The number of hydroxylamine groups is 2. The zero-order valence-corrected chi connectivity index (χ0v) is 7.87. The molecule has 0 aromatic rings. The Morgan fingerprint density at radius 1 is 1.67 bits per heavy atom. The minimum absolute atomic E-state index is 0.0592. The maximum atomic E-state index is 11.3. The summed E-state index contributed by atoms with van der Waals surface area (Å²) in [6.45, 7) is 3.29. The zero-order valence-electron chi connectivity index (χ0n) is 7.87. The van der Waals surface area contributed by atoms with Crippen molar-refractivity contribution in [3.63, 3.8) is 0 Å². The number of amides is 1. The molecule has 0 heterocycles. The number of carbonyl (C=O) groups excluding carboxylic acids is 1. The Morgan fingerprint density at radius 2 is 2.17 bits per heavy atom. The molecule has 4 nitrogen and oxygen atoms in total. The second-order valence-electron chi connectivity index (χ2n) is 2.45. The fourth-order valence-corrected chi connectivity index (χ4v) is 0.739. The molecule has 1 N–H and O–H groups in total. The second-order valence-corrected chi connectivity index (χ2v) is 2.45. The molecule has 4 heteroatoms. The first-order valence-electron chi connectivity index (χ1n) is 3.71. The molecule has 1 unspecified atom stereocenters. The van der Waals surface area contributed by atoms with Crippen molar-refractivity contribution in [2.45, 2.75) is 13.8 Å². The van der Waals surface area contributed by atoms with Crippen molar-refractivity contribution in [2.75, 3.05) is 14.2 Å². The molecule has 0 aliphatic rings. The van der Waals surface area contributed by atoms with E-state index in [1.807, 2.05) is 0 Å². The van der Waals surface area contributed by atoms with Gasteiger partial charge in [-0.05, 0) is 19.9 Å². The van der Waals surface area contributed by atoms with Gasteiger partial charge in [0.25, 0.3) is 5.91 Å². The topological polar surface area (TPSA) is 49.8 Å². The monoisotopic (exact) mass is 173 g/mol. The van der Waals surface area contributed by atoms with Crippen LogP contribution in [-0.4, -0.2) is 30.2 Å². The van der Waals surface area contributed by atoms with Gasteiger partial charge in [0.1, 0.15) is 5.76 Å². The highest BCUT2D eigenvalue weighted by molar-refractivity contribution is 5.79. The number of nitrogens with zero attached hydrogens (tertiary/aromatic N) is 1. The fourth-order valence-electron chi connectivity index (χ4n) is 0.739. The minimum Gasteiger partial charge on any atom is -0.512 e. The van der Waals surface area contributed by atoms with E-state index in [-0.39, 0.29) is 11.7 Å². The maximum Gasteiger partial charge on any atom is 0.256 e. The average molecular weight is 173 g/mol. The largest absolute Gasteiger partial charge is 0.512 e. The highest BCUT2D eigenvalue weighted by Crippen LogP contribution is 2.09. The molecular weight excluding hydrogens is 158 g/mol. The van der Waals surface area contributed by atoms with Crippen LogP contribution < -0.4 is 0 Å². The smallest absolute Gasteiger partial charge is 0.256 e. The summed E-state index contributed by atoms with van der Waals surface area (Å²) in [6, 6.07) is 0. The Bertz CT molecular complexity index is 189. The Morgan fingerprint density at radius 3 is 2.50 bits per heavy atom. The van der Waals surface area contributed by atoms with E-state index in [1.165, 1.54) is 20.2 Å². The van der Waals surface area contributed by atoms with Crippen LogP contribution in [-0.2, 0) is 9.63 Å². The molecule has 0 rings (SSSR count). The number of hydrogen-bond donors (Lipinski definition) is 1. The summed E-state index contributed by atoms with van der Waals surface area (Å²) in [7, 11) is 2.90. The van der Waals surface area contributed by atoms with E-state index >= 15 is 0 Å². The van der Waals surface area contributed by atoms with Crippen molar-refractivity contribution >= 4 is 5.91 Å². The number of aliphatic hydroxyl groups excluding tert-OH is 1. The van der Waals surface area contributed by atoms with Crippen LogP contribution in [0.3, 0.4) is 0 Å². The van der Waals surface area contributed by atoms with E-state index in [9.17, 15) is 9.90 Å². The quantitative estimate of drug-likeness (QED) is 0.513. The van der Waals surface area contributed by atoms with Crippen LogP contribution in [0.5, 0.6) is 0 Å². The van der Waals surface area contributed by atoms with Crippen molar-refractivity contribution in [2.24, 2.45) is 5.92 Å². The zero-order chi connectivity index (χ0) is 9.72. The summed E-state index contributed by atoms with van der Waals surface area (Å²) in [5.74, 6) is -0.753. The van der Waals surface area contributed by atoms with E-state index in [0.29, 0.717) is 0 Å². The third-order valence-corrected chi connectivity index (χ3v) is 1.69. The van der Waals surface area contributed by atoms with E-state index in [4.69, 9.17) is 0 Å². The lowest BCUT2D eigenvalue weighted by Gasteiger charge is -2.17.